The quantitative estimate of drug-likeness (QED) is 0.147. The molecule has 0 N–H and O–H groups in total. The van der Waals surface area contributed by atoms with Crippen LogP contribution in [0.2, 0.25) is 0 Å². The van der Waals surface area contributed by atoms with Crippen molar-refractivity contribution in [2.45, 2.75) is 6.92 Å². The molecule has 0 bridgehead atoms. The van der Waals surface area contributed by atoms with Crippen molar-refractivity contribution in [1.29, 1.82) is 0 Å². The molecule has 2 heterocycles. The Morgan fingerprint density at radius 1 is 0.500 bits per heavy atom. The van der Waals surface area contributed by atoms with Crippen LogP contribution in [0.4, 0.5) is 0 Å². The molecule has 0 aliphatic heterocycles. The molecule has 0 amide bonds. The molecule has 208 valence electrons. The van der Waals surface area contributed by atoms with Crippen molar-refractivity contribution in [3.63, 3.8) is 0 Å². The second kappa shape index (κ2) is 10.5. The van der Waals surface area contributed by atoms with E-state index in [4.69, 9.17) is 9.98 Å². The van der Waals surface area contributed by atoms with E-state index in [-0.39, 0.29) is 0 Å². The van der Waals surface area contributed by atoms with E-state index in [9.17, 15) is 0 Å². The van der Waals surface area contributed by atoms with Crippen LogP contribution in [0.15, 0.2) is 162 Å². The number of fused-ring (bicyclic) bond motifs is 6. The summed E-state index contributed by atoms with van der Waals surface area (Å²) in [6.07, 6.45) is 0. The van der Waals surface area contributed by atoms with E-state index in [1.165, 1.54) is 43.7 Å². The van der Waals surface area contributed by atoms with Crippen molar-refractivity contribution in [3.05, 3.63) is 169 Å². The van der Waals surface area contributed by atoms with Crippen LogP contribution in [0.5, 0.6) is 0 Å². The third-order valence-corrected chi connectivity index (χ3v) is 8.49. The summed E-state index contributed by atoms with van der Waals surface area (Å²) in [5.41, 5.74) is 10.7. The molecule has 0 spiro atoms. The molecule has 0 saturated carbocycles. The second-order valence-corrected chi connectivity index (χ2v) is 11.2. The van der Waals surface area contributed by atoms with Crippen LogP contribution in [0.3, 0.4) is 0 Å². The summed E-state index contributed by atoms with van der Waals surface area (Å²) < 4.78 is 2.41. The first kappa shape index (κ1) is 25.9. The van der Waals surface area contributed by atoms with Crippen LogP contribution < -0.4 is 0 Å². The zero-order valence-electron chi connectivity index (χ0n) is 24.4. The molecule has 0 unspecified atom stereocenters. The summed E-state index contributed by atoms with van der Waals surface area (Å²) in [5, 5.41) is 5.10. The van der Waals surface area contributed by atoms with Gasteiger partial charge in [0.05, 0.1) is 22.2 Å². The highest BCUT2D eigenvalue weighted by Crippen LogP contribution is 2.41. The Morgan fingerprint density at radius 2 is 1.02 bits per heavy atom. The third kappa shape index (κ3) is 4.29. The van der Waals surface area contributed by atoms with Crippen LogP contribution in [-0.4, -0.2) is 15.9 Å². The summed E-state index contributed by atoms with van der Waals surface area (Å²) in [6, 6.07) is 50.9. The molecule has 44 heavy (non-hydrogen) atoms. The number of aromatic nitrogens is 1. The minimum absolute atomic E-state index is 0.637. The molecule has 0 atom stereocenters. The number of aliphatic imine (C=N–C) groups is 2. The highest BCUT2D eigenvalue weighted by atomic mass is 14.9. The molecule has 0 saturated heterocycles. The van der Waals surface area contributed by atoms with Crippen LogP contribution in [-0.2, 0) is 0 Å². The average Bonchev–Trinajstić information content (AvgIpc) is 3.60. The van der Waals surface area contributed by atoms with Gasteiger partial charge in [-0.25, -0.2) is 9.98 Å². The van der Waals surface area contributed by atoms with Gasteiger partial charge in [0.2, 0.25) is 0 Å². The van der Waals surface area contributed by atoms with Gasteiger partial charge in [0, 0.05) is 32.8 Å². The van der Waals surface area contributed by atoms with E-state index < -0.39 is 0 Å². The number of nitrogens with zero attached hydrogens (tertiary/aromatic N) is 3. The minimum atomic E-state index is 0.637. The van der Waals surface area contributed by atoms with E-state index in [0.717, 1.165) is 28.0 Å². The lowest BCUT2D eigenvalue weighted by Gasteiger charge is -2.09. The van der Waals surface area contributed by atoms with Gasteiger partial charge in [0.1, 0.15) is 0 Å². The Hall–Kier alpha value is -5.80. The topological polar surface area (TPSA) is 29.1 Å². The Kier molecular flexibility index (Phi) is 6.16. The van der Waals surface area contributed by atoms with Crippen LogP contribution in [0, 0.1) is 0 Å². The maximum Gasteiger partial charge on any atom is 0.160 e. The molecule has 8 aromatic rings. The number of hydrogen-bond acceptors (Lipinski definition) is 1. The minimum Gasteiger partial charge on any atom is -0.308 e. The van der Waals surface area contributed by atoms with Crippen molar-refractivity contribution in [2.75, 3.05) is 0 Å². The number of amidine groups is 1. The van der Waals surface area contributed by atoms with E-state index in [1.807, 2.05) is 55.5 Å². The molecule has 3 heteroatoms. The van der Waals surface area contributed by atoms with Gasteiger partial charge >= 0.3 is 0 Å². The standard InChI is InChI=1S/C41H29N3/c1-27(29-13-5-3-6-14-29)42-41(43-28(2)30-15-7-4-8-16-30)32-23-21-31(22-24-32)33-25-36-34-17-9-11-19-38(34)44-39-20-12-10-18-35(39)37(26-33)40(36)44/h3-26H,1H2,2H3. The average molecular weight is 564 g/mol. The van der Waals surface area contributed by atoms with Gasteiger partial charge < -0.3 is 4.40 Å². The fourth-order valence-electron chi connectivity index (χ4n) is 6.31. The number of rotatable bonds is 5. The predicted octanol–water partition coefficient (Wildman–Crippen LogP) is 10.4. The van der Waals surface area contributed by atoms with Gasteiger partial charge in [0.25, 0.3) is 0 Å². The summed E-state index contributed by atoms with van der Waals surface area (Å²) in [4.78, 5) is 9.96. The normalized spacial score (nSPS) is 12.6. The molecule has 0 aliphatic rings. The number of benzene rings is 6. The van der Waals surface area contributed by atoms with Gasteiger partial charge in [-0.2, -0.15) is 0 Å². The summed E-state index contributed by atoms with van der Waals surface area (Å²) >= 11 is 0. The molecular formula is C41H29N3. The van der Waals surface area contributed by atoms with E-state index in [0.29, 0.717) is 11.5 Å². The fraction of sp³-hybridized carbons (Fsp3) is 0.0244. The predicted molar refractivity (Wildman–Crippen MR) is 187 cm³/mol. The van der Waals surface area contributed by atoms with E-state index >= 15 is 0 Å². The lowest BCUT2D eigenvalue weighted by molar-refractivity contribution is 1.37. The van der Waals surface area contributed by atoms with Gasteiger partial charge in [-0.1, -0.05) is 128 Å². The zero-order chi connectivity index (χ0) is 29.6. The molecule has 0 radical (unpaired) electrons. The number of hydrogen-bond donors (Lipinski definition) is 0. The Morgan fingerprint density at radius 3 is 1.61 bits per heavy atom. The van der Waals surface area contributed by atoms with Crippen LogP contribution >= 0.6 is 0 Å². The molecule has 0 fully saturated rings. The maximum atomic E-state index is 5.02. The highest BCUT2D eigenvalue weighted by Gasteiger charge is 2.18. The van der Waals surface area contributed by atoms with E-state index in [2.05, 4.69) is 108 Å². The van der Waals surface area contributed by atoms with Gasteiger partial charge in [-0.05, 0) is 53.4 Å². The maximum absolute atomic E-state index is 5.02. The first-order valence-electron chi connectivity index (χ1n) is 14.9. The largest absolute Gasteiger partial charge is 0.308 e. The molecule has 3 nitrogen and oxygen atoms in total. The van der Waals surface area contributed by atoms with Gasteiger partial charge in [-0.3, -0.25) is 0 Å². The summed E-state index contributed by atoms with van der Waals surface area (Å²) in [6.45, 7) is 6.29. The van der Waals surface area contributed by atoms with Crippen LogP contribution in [0.25, 0.3) is 54.9 Å². The first-order valence-corrected chi connectivity index (χ1v) is 14.9. The van der Waals surface area contributed by atoms with E-state index in [1.54, 1.807) is 0 Å². The Bertz CT molecular complexity index is 2290. The van der Waals surface area contributed by atoms with Gasteiger partial charge in [0.15, 0.2) is 5.84 Å². The monoisotopic (exact) mass is 563 g/mol. The SMILES string of the molecule is C=C(N=C(N=C(C)c1ccccc1)c1ccc(-c2cc3c4ccccc4n4c5ccccc5c(c2)c34)cc1)c1ccccc1. The second-order valence-electron chi connectivity index (χ2n) is 11.2. The van der Waals surface area contributed by atoms with Crippen molar-refractivity contribution in [3.8, 4) is 11.1 Å². The lowest BCUT2D eigenvalue weighted by Crippen LogP contribution is -2.04. The summed E-state index contributed by atoms with van der Waals surface area (Å²) in [7, 11) is 0. The Labute approximate surface area is 256 Å². The lowest BCUT2D eigenvalue weighted by atomic mass is 9.98. The molecule has 2 aromatic heterocycles. The highest BCUT2D eigenvalue weighted by molar-refractivity contribution is 6.24. The van der Waals surface area contributed by atoms with Crippen molar-refractivity contribution in [1.82, 2.24) is 4.40 Å². The van der Waals surface area contributed by atoms with Crippen molar-refractivity contribution in [2.24, 2.45) is 9.98 Å². The molecule has 0 aliphatic carbocycles. The van der Waals surface area contributed by atoms with Gasteiger partial charge in [-0.15, -0.1) is 0 Å². The van der Waals surface area contributed by atoms with Crippen LogP contribution in [0.1, 0.15) is 23.6 Å². The van der Waals surface area contributed by atoms with Crippen molar-refractivity contribution < 1.29 is 0 Å². The number of para-hydroxylation sites is 2. The Balaban J connectivity index is 1.25. The zero-order valence-corrected chi connectivity index (χ0v) is 24.4. The fourth-order valence-corrected chi connectivity index (χ4v) is 6.31. The molecule has 8 rings (SSSR count). The molecular weight excluding hydrogens is 534 g/mol. The molecule has 6 aromatic carbocycles. The van der Waals surface area contributed by atoms with Crippen molar-refractivity contribution >= 4 is 55.3 Å². The smallest absolute Gasteiger partial charge is 0.160 e. The summed E-state index contributed by atoms with van der Waals surface area (Å²) in [5.74, 6) is 0.637. The first-order chi connectivity index (χ1) is 21.7. The third-order valence-electron chi connectivity index (χ3n) is 8.49.